The Hall–Kier alpha value is -2.83. The molecular formula is C23H27F2N5O4S. The first-order valence-electron chi connectivity index (χ1n) is 10.9. The van der Waals surface area contributed by atoms with Gasteiger partial charge in [0, 0.05) is 37.5 Å². The van der Waals surface area contributed by atoms with E-state index in [1.54, 1.807) is 21.1 Å². The zero-order chi connectivity index (χ0) is 25.4. The molecule has 188 valence electrons. The summed E-state index contributed by atoms with van der Waals surface area (Å²) >= 11 is 1.40. The van der Waals surface area contributed by atoms with Crippen molar-refractivity contribution in [1.29, 1.82) is 0 Å². The van der Waals surface area contributed by atoms with Gasteiger partial charge in [0.25, 0.3) is 5.91 Å². The van der Waals surface area contributed by atoms with Crippen LogP contribution in [0.5, 0.6) is 5.88 Å². The van der Waals surface area contributed by atoms with Gasteiger partial charge in [0.05, 0.1) is 35.4 Å². The number of amides is 1. The third-order valence-corrected chi connectivity index (χ3v) is 7.58. The first-order valence-corrected chi connectivity index (χ1v) is 11.8. The summed E-state index contributed by atoms with van der Waals surface area (Å²) in [6.45, 7) is 4.24. The molecule has 12 heteroatoms. The topological polar surface area (TPSA) is 121 Å². The number of amidine groups is 1. The minimum absolute atomic E-state index is 0.0149. The zero-order valence-corrected chi connectivity index (χ0v) is 20.6. The summed E-state index contributed by atoms with van der Waals surface area (Å²) < 4.78 is 45.2. The van der Waals surface area contributed by atoms with Crippen molar-refractivity contribution in [2.45, 2.75) is 36.7 Å². The number of aliphatic imine (C=N–C) groups is 1. The Balaban J connectivity index is 1.55. The van der Waals surface area contributed by atoms with Crippen molar-refractivity contribution in [3.8, 4) is 5.88 Å². The molecule has 0 spiro atoms. The molecule has 0 unspecified atom stereocenters. The van der Waals surface area contributed by atoms with Gasteiger partial charge < -0.3 is 25.3 Å². The van der Waals surface area contributed by atoms with Crippen LogP contribution in [-0.2, 0) is 15.0 Å². The van der Waals surface area contributed by atoms with Crippen LogP contribution >= 0.6 is 11.8 Å². The van der Waals surface area contributed by atoms with Crippen LogP contribution in [0.2, 0.25) is 0 Å². The van der Waals surface area contributed by atoms with Crippen molar-refractivity contribution in [3.05, 3.63) is 47.4 Å². The van der Waals surface area contributed by atoms with E-state index in [1.165, 1.54) is 30.2 Å². The second-order valence-electron chi connectivity index (χ2n) is 8.83. The summed E-state index contributed by atoms with van der Waals surface area (Å²) in [5.41, 5.74) is 5.00. The largest absolute Gasteiger partial charge is 0.474 e. The van der Waals surface area contributed by atoms with Crippen LogP contribution in [0.1, 0.15) is 36.3 Å². The Morgan fingerprint density at radius 1 is 1.31 bits per heavy atom. The number of halogens is 2. The molecule has 1 amide bonds. The minimum Gasteiger partial charge on any atom is -0.474 e. The molecule has 9 nitrogen and oxygen atoms in total. The summed E-state index contributed by atoms with van der Waals surface area (Å²) in [6, 6.07) is 2.30. The summed E-state index contributed by atoms with van der Waals surface area (Å²) in [7, 11) is 3.15. The second kappa shape index (κ2) is 9.67. The van der Waals surface area contributed by atoms with Gasteiger partial charge in [-0.25, -0.2) is 18.7 Å². The van der Waals surface area contributed by atoms with Gasteiger partial charge in [-0.3, -0.25) is 9.79 Å². The molecule has 1 saturated carbocycles. The molecule has 0 bridgehead atoms. The van der Waals surface area contributed by atoms with Crippen LogP contribution in [0.4, 0.5) is 14.5 Å². The maximum atomic E-state index is 15.0. The van der Waals surface area contributed by atoms with E-state index < -0.39 is 23.1 Å². The molecule has 4 atom stereocenters. The average molecular weight is 508 g/mol. The van der Waals surface area contributed by atoms with E-state index in [1.807, 2.05) is 6.92 Å². The summed E-state index contributed by atoms with van der Waals surface area (Å²) in [6.07, 6.45) is 3.09. The van der Waals surface area contributed by atoms with Crippen LogP contribution in [0.25, 0.3) is 0 Å². The number of benzene rings is 1. The highest BCUT2D eigenvalue weighted by Gasteiger charge is 2.66. The maximum Gasteiger partial charge on any atom is 0.275 e. The van der Waals surface area contributed by atoms with Crippen LogP contribution < -0.4 is 15.8 Å². The summed E-state index contributed by atoms with van der Waals surface area (Å²) in [4.78, 5) is 25.3. The normalized spacial score (nSPS) is 25.9. The maximum absolute atomic E-state index is 15.0. The van der Waals surface area contributed by atoms with E-state index in [9.17, 15) is 9.18 Å². The molecule has 1 aromatic heterocycles. The third kappa shape index (κ3) is 4.95. The molecule has 2 heterocycles. The van der Waals surface area contributed by atoms with E-state index in [4.69, 9.17) is 19.9 Å². The number of nitrogens with one attached hydrogen (secondary N) is 1. The fourth-order valence-electron chi connectivity index (χ4n) is 4.33. The highest BCUT2D eigenvalue weighted by molar-refractivity contribution is 8.15. The monoisotopic (exact) mass is 507 g/mol. The lowest BCUT2D eigenvalue weighted by Crippen LogP contribution is -2.38. The van der Waals surface area contributed by atoms with Gasteiger partial charge in [-0.05, 0) is 26.3 Å². The number of nitrogens with zero attached hydrogens (tertiary/aromatic N) is 3. The number of hydrogen-bond donors (Lipinski definition) is 2. The highest BCUT2D eigenvalue weighted by atomic mass is 32.2. The molecule has 0 radical (unpaired) electrons. The number of rotatable bonds is 9. The first kappa shape index (κ1) is 25.3. The average Bonchev–Trinajstić information content (AvgIpc) is 3.54. The molecule has 1 fully saturated rings. The van der Waals surface area contributed by atoms with Crippen molar-refractivity contribution in [2.24, 2.45) is 16.6 Å². The smallest absolute Gasteiger partial charge is 0.275 e. The Labute approximate surface area is 205 Å². The van der Waals surface area contributed by atoms with Crippen molar-refractivity contribution in [2.75, 3.05) is 32.8 Å². The number of thioether (sulfide) groups is 1. The minimum atomic E-state index is -1.11. The Kier molecular flexibility index (Phi) is 6.98. The molecule has 0 saturated heterocycles. The van der Waals surface area contributed by atoms with Crippen LogP contribution in [0, 0.1) is 17.6 Å². The van der Waals surface area contributed by atoms with E-state index in [2.05, 4.69) is 20.3 Å². The first-order chi connectivity index (χ1) is 16.6. The number of fused-ring (bicyclic) bond motifs is 1. The number of anilines is 1. The standard InChI is InChI=1S/C23H27F2N5O4S/c1-12(33-4)10-34-18-9-27-16(8-28-18)20(31)29-13-5-14(19(25)15(24)6-13)22(2)17-7-23(17,11-32-3)35-21(26)30-22/h5-6,8-9,12,17H,7,10-11H2,1-4H3,(H2,26,30)(H,29,31)/t12-,17+,22-,23-/m1/s1. The van der Waals surface area contributed by atoms with Gasteiger partial charge in [-0.1, -0.05) is 11.8 Å². The van der Waals surface area contributed by atoms with Crippen molar-refractivity contribution < 1.29 is 27.8 Å². The third-order valence-electron chi connectivity index (χ3n) is 6.30. The second-order valence-corrected chi connectivity index (χ2v) is 10.3. The number of ether oxygens (including phenoxy) is 3. The SMILES string of the molecule is COC[C@]12C[C@H]1[C@@](C)(c1cc(NC(=O)c3cnc(OC[C@@H](C)OC)cn3)cc(F)c1F)N=C(N)S2. The quantitative estimate of drug-likeness (QED) is 0.531. The van der Waals surface area contributed by atoms with E-state index >= 15 is 4.39 Å². The van der Waals surface area contributed by atoms with Crippen molar-refractivity contribution in [3.63, 3.8) is 0 Å². The molecule has 1 aromatic carbocycles. The fraction of sp³-hybridized carbons (Fsp3) is 0.478. The van der Waals surface area contributed by atoms with Gasteiger partial charge in [-0.15, -0.1) is 0 Å². The van der Waals surface area contributed by atoms with Gasteiger partial charge in [0.1, 0.15) is 12.3 Å². The Morgan fingerprint density at radius 3 is 2.74 bits per heavy atom. The van der Waals surface area contributed by atoms with E-state index in [0.717, 1.165) is 6.07 Å². The number of carbonyl (C=O) groups excluding carboxylic acids is 1. The zero-order valence-electron chi connectivity index (χ0n) is 19.8. The Morgan fingerprint density at radius 2 is 2.09 bits per heavy atom. The molecule has 3 N–H and O–H groups in total. The summed E-state index contributed by atoms with van der Waals surface area (Å²) in [5.74, 6) is -2.65. The Bertz CT molecular complexity index is 1150. The lowest BCUT2D eigenvalue weighted by atomic mass is 9.85. The predicted octanol–water partition coefficient (Wildman–Crippen LogP) is 3.10. The van der Waals surface area contributed by atoms with Crippen LogP contribution in [0.3, 0.4) is 0 Å². The molecule has 2 aliphatic rings. The van der Waals surface area contributed by atoms with E-state index in [-0.39, 0.29) is 51.4 Å². The summed E-state index contributed by atoms with van der Waals surface area (Å²) in [5, 5.41) is 2.84. The predicted molar refractivity (Wildman–Crippen MR) is 128 cm³/mol. The van der Waals surface area contributed by atoms with Gasteiger partial charge in [0.15, 0.2) is 16.8 Å². The lowest BCUT2D eigenvalue weighted by Gasteiger charge is -2.34. The molecule has 4 rings (SSSR count). The van der Waals surface area contributed by atoms with Crippen LogP contribution in [0.15, 0.2) is 29.5 Å². The van der Waals surface area contributed by atoms with Crippen molar-refractivity contribution in [1.82, 2.24) is 9.97 Å². The molecule has 1 aliphatic carbocycles. The van der Waals surface area contributed by atoms with Gasteiger partial charge in [0.2, 0.25) is 5.88 Å². The molecular weight excluding hydrogens is 480 g/mol. The number of aromatic nitrogens is 2. The molecule has 1 aliphatic heterocycles. The lowest BCUT2D eigenvalue weighted by molar-refractivity contribution is 0.0697. The fourth-order valence-corrected chi connectivity index (χ4v) is 5.78. The number of carbonyl (C=O) groups is 1. The van der Waals surface area contributed by atoms with E-state index in [0.29, 0.717) is 13.0 Å². The highest BCUT2D eigenvalue weighted by Crippen LogP contribution is 2.66. The number of hydrogen-bond acceptors (Lipinski definition) is 9. The number of methoxy groups -OCH3 is 2. The molecule has 2 aromatic rings. The molecule has 35 heavy (non-hydrogen) atoms. The van der Waals surface area contributed by atoms with Gasteiger partial charge in [-0.2, -0.15) is 0 Å². The van der Waals surface area contributed by atoms with Gasteiger partial charge >= 0.3 is 0 Å². The van der Waals surface area contributed by atoms with Crippen LogP contribution in [-0.4, -0.2) is 59.3 Å². The van der Waals surface area contributed by atoms with Crippen molar-refractivity contribution >= 4 is 28.5 Å². The number of nitrogens with two attached hydrogens (primary N) is 1.